The molecule has 0 atom stereocenters. The molecule has 0 aromatic heterocycles. The number of nitrogens with one attached hydrogen (secondary N) is 2. The zero-order valence-corrected chi connectivity index (χ0v) is 18.3. The van der Waals surface area contributed by atoms with Gasteiger partial charge in [0.2, 0.25) is 0 Å². The van der Waals surface area contributed by atoms with E-state index in [9.17, 15) is 0 Å². The van der Waals surface area contributed by atoms with E-state index in [0.717, 1.165) is 23.6 Å². The highest BCUT2D eigenvalue weighted by atomic mass is 127. The number of halogens is 1. The third-order valence-corrected chi connectivity index (χ3v) is 4.15. The van der Waals surface area contributed by atoms with Crippen LogP contribution in [0.4, 0.5) is 11.4 Å². The van der Waals surface area contributed by atoms with E-state index in [4.69, 9.17) is 9.47 Å². The van der Waals surface area contributed by atoms with Crippen molar-refractivity contribution in [2.24, 2.45) is 4.99 Å². The van der Waals surface area contributed by atoms with Crippen LogP contribution in [0.3, 0.4) is 0 Å². The first-order valence-corrected chi connectivity index (χ1v) is 8.79. The predicted molar refractivity (Wildman–Crippen MR) is 122 cm³/mol. The van der Waals surface area contributed by atoms with Crippen LogP contribution in [-0.4, -0.2) is 40.3 Å². The molecule has 146 valence electrons. The highest BCUT2D eigenvalue weighted by Gasteiger charge is 2.11. The van der Waals surface area contributed by atoms with Crippen molar-refractivity contribution in [3.8, 4) is 11.5 Å². The molecule has 6 nitrogen and oxygen atoms in total. The minimum absolute atomic E-state index is 0. The molecule has 0 amide bonds. The molecular formula is C20H27IN4O2. The third-order valence-electron chi connectivity index (χ3n) is 4.15. The van der Waals surface area contributed by atoms with Crippen LogP contribution in [0.15, 0.2) is 47.5 Å². The minimum Gasteiger partial charge on any atom is -0.490 e. The molecule has 0 spiro atoms. The lowest BCUT2D eigenvalue weighted by Gasteiger charge is -2.15. The van der Waals surface area contributed by atoms with E-state index >= 15 is 0 Å². The Morgan fingerprint density at radius 2 is 1.74 bits per heavy atom. The fourth-order valence-corrected chi connectivity index (χ4v) is 2.65. The van der Waals surface area contributed by atoms with Crippen LogP contribution in [-0.2, 0) is 6.54 Å². The number of anilines is 2. The van der Waals surface area contributed by atoms with Crippen molar-refractivity contribution in [2.45, 2.75) is 13.0 Å². The lowest BCUT2D eigenvalue weighted by molar-refractivity contribution is 0.297. The number of nitrogens with zero attached hydrogens (tertiary/aromatic N) is 2. The minimum atomic E-state index is 0. The number of hydrogen-bond acceptors (Lipinski definition) is 4. The summed E-state index contributed by atoms with van der Waals surface area (Å²) in [5.74, 6) is 2.26. The van der Waals surface area contributed by atoms with Crippen LogP contribution >= 0.6 is 24.0 Å². The smallest absolute Gasteiger partial charge is 0.195 e. The largest absolute Gasteiger partial charge is 0.490 e. The molecular weight excluding hydrogens is 455 g/mol. The summed E-state index contributed by atoms with van der Waals surface area (Å²) >= 11 is 0. The van der Waals surface area contributed by atoms with Gasteiger partial charge in [0.15, 0.2) is 17.5 Å². The van der Waals surface area contributed by atoms with Crippen molar-refractivity contribution < 1.29 is 9.47 Å². The zero-order valence-electron chi connectivity index (χ0n) is 16.0. The van der Waals surface area contributed by atoms with Crippen molar-refractivity contribution >= 4 is 41.3 Å². The molecule has 0 aliphatic carbocycles. The van der Waals surface area contributed by atoms with Crippen molar-refractivity contribution in [1.82, 2.24) is 5.32 Å². The van der Waals surface area contributed by atoms with Crippen LogP contribution in [0.2, 0.25) is 0 Å². The molecule has 0 saturated carbocycles. The van der Waals surface area contributed by atoms with Gasteiger partial charge in [-0.05, 0) is 29.8 Å². The number of rotatable bonds is 4. The number of hydrogen-bond donors (Lipinski definition) is 2. The van der Waals surface area contributed by atoms with Gasteiger partial charge in [-0.1, -0.05) is 12.1 Å². The zero-order chi connectivity index (χ0) is 18.4. The van der Waals surface area contributed by atoms with Gasteiger partial charge in [-0.2, -0.15) is 0 Å². The van der Waals surface area contributed by atoms with Gasteiger partial charge in [0, 0.05) is 51.5 Å². The van der Waals surface area contributed by atoms with Crippen LogP contribution in [0.5, 0.6) is 11.5 Å². The predicted octanol–water partition coefficient (Wildman–Crippen LogP) is 3.72. The Balaban J connectivity index is 0.00000261. The summed E-state index contributed by atoms with van der Waals surface area (Å²) < 4.78 is 11.4. The van der Waals surface area contributed by atoms with Crippen molar-refractivity contribution in [2.75, 3.05) is 44.6 Å². The van der Waals surface area contributed by atoms with E-state index < -0.39 is 0 Å². The number of guanidine groups is 1. The van der Waals surface area contributed by atoms with Gasteiger partial charge >= 0.3 is 0 Å². The second-order valence-corrected chi connectivity index (χ2v) is 6.32. The average Bonchev–Trinajstić information content (AvgIpc) is 2.90. The van der Waals surface area contributed by atoms with E-state index in [-0.39, 0.29) is 24.0 Å². The molecule has 0 bridgehead atoms. The normalized spacial score (nSPS) is 13.2. The molecule has 1 heterocycles. The van der Waals surface area contributed by atoms with Crippen LogP contribution in [0.1, 0.15) is 12.0 Å². The summed E-state index contributed by atoms with van der Waals surface area (Å²) in [4.78, 5) is 6.37. The van der Waals surface area contributed by atoms with E-state index in [0.29, 0.717) is 25.7 Å². The average molecular weight is 482 g/mol. The standard InChI is InChI=1S/C20H26N4O2.HI/c1-21-20(22-14-15-5-8-17(9-6-15)24(2)3)23-16-7-10-18-19(13-16)26-12-4-11-25-18;/h5-10,13H,4,11-12,14H2,1-3H3,(H2,21,22,23);1H. The maximum atomic E-state index is 5.73. The van der Waals surface area contributed by atoms with E-state index in [1.807, 2.05) is 32.3 Å². The quantitative estimate of drug-likeness (QED) is 0.396. The van der Waals surface area contributed by atoms with Gasteiger partial charge in [0.05, 0.1) is 13.2 Å². The van der Waals surface area contributed by atoms with Gasteiger partial charge in [-0.25, -0.2) is 0 Å². The molecule has 27 heavy (non-hydrogen) atoms. The van der Waals surface area contributed by atoms with Crippen molar-refractivity contribution in [3.63, 3.8) is 0 Å². The Kier molecular flexibility index (Phi) is 8.02. The molecule has 2 N–H and O–H groups in total. The summed E-state index contributed by atoms with van der Waals surface area (Å²) in [6.45, 7) is 2.06. The molecule has 7 heteroatoms. The first-order chi connectivity index (χ1) is 12.7. The Hall–Kier alpha value is -2.16. The summed E-state index contributed by atoms with van der Waals surface area (Å²) in [5, 5.41) is 6.62. The van der Waals surface area contributed by atoms with E-state index in [1.54, 1.807) is 7.05 Å². The maximum absolute atomic E-state index is 5.73. The third kappa shape index (κ3) is 5.92. The Morgan fingerprint density at radius 3 is 2.41 bits per heavy atom. The summed E-state index contributed by atoms with van der Waals surface area (Å²) in [6.07, 6.45) is 0.896. The summed E-state index contributed by atoms with van der Waals surface area (Å²) in [5.41, 5.74) is 3.28. The molecule has 0 unspecified atom stereocenters. The fourth-order valence-electron chi connectivity index (χ4n) is 2.65. The highest BCUT2D eigenvalue weighted by molar-refractivity contribution is 14.0. The monoisotopic (exact) mass is 482 g/mol. The lowest BCUT2D eigenvalue weighted by atomic mass is 10.2. The number of benzene rings is 2. The van der Waals surface area contributed by atoms with Gasteiger partial charge in [-0.3, -0.25) is 4.99 Å². The second-order valence-electron chi connectivity index (χ2n) is 6.32. The molecule has 2 aromatic rings. The number of ether oxygens (including phenoxy) is 2. The molecule has 0 radical (unpaired) electrons. The summed E-state index contributed by atoms with van der Waals surface area (Å²) in [6, 6.07) is 14.3. The molecule has 0 saturated heterocycles. The van der Waals surface area contributed by atoms with Gasteiger partial charge < -0.3 is 25.0 Å². The van der Waals surface area contributed by atoms with E-state index in [2.05, 4.69) is 44.8 Å². The van der Waals surface area contributed by atoms with Crippen molar-refractivity contribution in [3.05, 3.63) is 48.0 Å². The van der Waals surface area contributed by atoms with E-state index in [1.165, 1.54) is 11.3 Å². The van der Waals surface area contributed by atoms with Crippen LogP contribution in [0.25, 0.3) is 0 Å². The number of aliphatic imine (C=N–C) groups is 1. The van der Waals surface area contributed by atoms with Crippen LogP contribution in [0, 0.1) is 0 Å². The van der Waals surface area contributed by atoms with Gasteiger partial charge in [-0.15, -0.1) is 24.0 Å². The first-order valence-electron chi connectivity index (χ1n) is 8.79. The fraction of sp³-hybridized carbons (Fsp3) is 0.350. The van der Waals surface area contributed by atoms with Gasteiger partial charge in [0.1, 0.15) is 0 Å². The number of fused-ring (bicyclic) bond motifs is 1. The summed E-state index contributed by atoms with van der Waals surface area (Å²) in [7, 11) is 5.83. The first kappa shape index (κ1) is 21.1. The second kappa shape index (κ2) is 10.2. The Morgan fingerprint density at radius 1 is 1.04 bits per heavy atom. The molecule has 2 aromatic carbocycles. The SMILES string of the molecule is CN=C(NCc1ccc(N(C)C)cc1)Nc1ccc2c(c1)OCCCO2.I. The van der Waals surface area contributed by atoms with Crippen LogP contribution < -0.4 is 25.0 Å². The highest BCUT2D eigenvalue weighted by Crippen LogP contribution is 2.32. The maximum Gasteiger partial charge on any atom is 0.195 e. The molecule has 3 rings (SSSR count). The molecule has 0 fully saturated rings. The molecule has 1 aliphatic rings. The van der Waals surface area contributed by atoms with Crippen molar-refractivity contribution in [1.29, 1.82) is 0 Å². The Labute approximate surface area is 178 Å². The van der Waals surface area contributed by atoms with Gasteiger partial charge in [0.25, 0.3) is 0 Å². The Bertz CT molecular complexity index is 763. The topological polar surface area (TPSA) is 58.1 Å². The lowest BCUT2D eigenvalue weighted by Crippen LogP contribution is -2.30. The molecule has 1 aliphatic heterocycles.